The molecule has 1 amide bonds. The van der Waals surface area contributed by atoms with Crippen LogP contribution in [0.1, 0.15) is 55.0 Å². The van der Waals surface area contributed by atoms with Crippen molar-refractivity contribution >= 4 is 11.7 Å². The van der Waals surface area contributed by atoms with Gasteiger partial charge in [-0.25, -0.2) is 4.98 Å². The molecule has 7 heteroatoms. The van der Waals surface area contributed by atoms with Crippen molar-refractivity contribution < 1.29 is 14.4 Å². The Hall–Kier alpha value is -2.41. The van der Waals surface area contributed by atoms with Crippen molar-refractivity contribution in [3.63, 3.8) is 0 Å². The summed E-state index contributed by atoms with van der Waals surface area (Å²) in [6.07, 6.45) is 1.99. The van der Waals surface area contributed by atoms with Crippen LogP contribution in [0.3, 0.4) is 0 Å². The van der Waals surface area contributed by atoms with Crippen LogP contribution in [0.15, 0.2) is 22.7 Å². The van der Waals surface area contributed by atoms with E-state index in [2.05, 4.69) is 15.0 Å². The summed E-state index contributed by atoms with van der Waals surface area (Å²) in [5.41, 5.74) is 2.64. The maximum Gasteiger partial charge on any atom is 0.223 e. The number of anilines is 1. The first-order chi connectivity index (χ1) is 13.4. The summed E-state index contributed by atoms with van der Waals surface area (Å²) in [7, 11) is 0. The molecule has 1 spiro atoms. The highest BCUT2D eigenvalue weighted by Gasteiger charge is 2.45. The molecule has 0 unspecified atom stereocenters. The molecule has 2 aliphatic heterocycles. The number of hydrogen-bond acceptors (Lipinski definition) is 6. The highest BCUT2D eigenvalue weighted by molar-refractivity contribution is 5.79. The standard InChI is InChI=1S/C21H28N4O3/c1-14-17(16(3)28-23-14)12-25-13-21(11-20(25)27)7-9-24(10-8-21)19-6-4-5-18(22-19)15(2)26/h4-6,15,26H,7-13H2,1-3H3/t15-/m0/s1. The van der Waals surface area contributed by atoms with Gasteiger partial charge in [0.15, 0.2) is 0 Å². The van der Waals surface area contributed by atoms with Crippen LogP contribution in [-0.2, 0) is 11.3 Å². The second-order valence-electron chi connectivity index (χ2n) is 8.31. The van der Waals surface area contributed by atoms with Crippen LogP contribution < -0.4 is 4.90 Å². The van der Waals surface area contributed by atoms with Gasteiger partial charge in [0.25, 0.3) is 0 Å². The lowest BCUT2D eigenvalue weighted by atomic mass is 9.77. The third-order valence-corrected chi connectivity index (χ3v) is 6.27. The number of aliphatic hydroxyl groups excluding tert-OH is 1. The lowest BCUT2D eigenvalue weighted by Crippen LogP contribution is -2.42. The number of pyridine rings is 1. The van der Waals surface area contributed by atoms with Crippen LogP contribution in [0, 0.1) is 19.3 Å². The Labute approximate surface area is 165 Å². The molecule has 1 atom stereocenters. The summed E-state index contributed by atoms with van der Waals surface area (Å²) in [5, 5.41) is 13.8. The molecule has 0 saturated carbocycles. The molecular weight excluding hydrogens is 356 g/mol. The van der Waals surface area contributed by atoms with E-state index in [9.17, 15) is 9.90 Å². The van der Waals surface area contributed by atoms with Gasteiger partial charge in [0.05, 0.1) is 24.0 Å². The summed E-state index contributed by atoms with van der Waals surface area (Å²) >= 11 is 0. The third-order valence-electron chi connectivity index (χ3n) is 6.27. The number of carbonyl (C=O) groups is 1. The van der Waals surface area contributed by atoms with Crippen LogP contribution in [0.25, 0.3) is 0 Å². The number of aliphatic hydroxyl groups is 1. The van der Waals surface area contributed by atoms with Crippen molar-refractivity contribution in [2.45, 2.75) is 52.7 Å². The molecule has 1 N–H and O–H groups in total. The van der Waals surface area contributed by atoms with E-state index in [1.807, 2.05) is 36.9 Å². The fourth-order valence-corrected chi connectivity index (χ4v) is 4.44. The number of piperidine rings is 1. The largest absolute Gasteiger partial charge is 0.387 e. The van der Waals surface area contributed by atoms with Crippen molar-refractivity contribution in [1.82, 2.24) is 15.0 Å². The number of carbonyl (C=O) groups excluding carboxylic acids is 1. The van der Waals surface area contributed by atoms with Gasteiger partial charge in [0, 0.05) is 37.0 Å². The Kier molecular flexibility index (Phi) is 4.87. The molecule has 4 rings (SSSR count). The molecule has 0 aliphatic carbocycles. The Morgan fingerprint density at radius 1 is 1.29 bits per heavy atom. The SMILES string of the molecule is Cc1noc(C)c1CN1CC2(CCN(c3cccc([C@H](C)O)n3)CC2)CC1=O. The van der Waals surface area contributed by atoms with Crippen LogP contribution in [-0.4, -0.2) is 45.7 Å². The highest BCUT2D eigenvalue weighted by atomic mass is 16.5. The summed E-state index contributed by atoms with van der Waals surface area (Å²) in [6, 6.07) is 5.79. The Balaban J connectivity index is 1.42. The van der Waals surface area contributed by atoms with E-state index in [4.69, 9.17) is 4.52 Å². The van der Waals surface area contributed by atoms with Gasteiger partial charge in [-0.15, -0.1) is 0 Å². The van der Waals surface area contributed by atoms with E-state index in [0.29, 0.717) is 18.7 Å². The van der Waals surface area contributed by atoms with Gasteiger partial charge in [-0.05, 0) is 45.7 Å². The monoisotopic (exact) mass is 384 g/mol. The number of nitrogens with zero attached hydrogens (tertiary/aromatic N) is 4. The Morgan fingerprint density at radius 3 is 2.68 bits per heavy atom. The minimum Gasteiger partial charge on any atom is -0.387 e. The topological polar surface area (TPSA) is 82.7 Å². The first-order valence-electron chi connectivity index (χ1n) is 9.96. The van der Waals surface area contributed by atoms with Crippen molar-refractivity contribution in [2.75, 3.05) is 24.5 Å². The van der Waals surface area contributed by atoms with Crippen molar-refractivity contribution in [2.24, 2.45) is 5.41 Å². The predicted molar refractivity (Wildman–Crippen MR) is 105 cm³/mol. The zero-order valence-electron chi connectivity index (χ0n) is 16.8. The average molecular weight is 384 g/mol. The molecule has 2 aromatic rings. The third kappa shape index (κ3) is 3.51. The summed E-state index contributed by atoms with van der Waals surface area (Å²) < 4.78 is 5.25. The van der Waals surface area contributed by atoms with Gasteiger partial charge in [-0.1, -0.05) is 11.2 Å². The van der Waals surface area contributed by atoms with E-state index in [0.717, 1.165) is 55.3 Å². The van der Waals surface area contributed by atoms with Gasteiger partial charge < -0.3 is 19.4 Å². The molecule has 0 aromatic carbocycles. The van der Waals surface area contributed by atoms with Gasteiger partial charge in [-0.3, -0.25) is 4.79 Å². The molecular formula is C21H28N4O3. The molecule has 4 heterocycles. The molecule has 2 fully saturated rings. The van der Waals surface area contributed by atoms with Crippen LogP contribution in [0.4, 0.5) is 5.82 Å². The first-order valence-corrected chi connectivity index (χ1v) is 9.96. The van der Waals surface area contributed by atoms with Crippen LogP contribution in [0.5, 0.6) is 0 Å². The van der Waals surface area contributed by atoms with Crippen molar-refractivity contribution in [1.29, 1.82) is 0 Å². The van der Waals surface area contributed by atoms with Gasteiger partial charge in [-0.2, -0.15) is 0 Å². The smallest absolute Gasteiger partial charge is 0.223 e. The Bertz CT molecular complexity index is 849. The molecule has 28 heavy (non-hydrogen) atoms. The Morgan fingerprint density at radius 2 is 2.04 bits per heavy atom. The lowest BCUT2D eigenvalue weighted by Gasteiger charge is -2.39. The normalized spacial score (nSPS) is 20.2. The second kappa shape index (κ2) is 7.20. The van der Waals surface area contributed by atoms with E-state index in [1.54, 1.807) is 6.92 Å². The van der Waals surface area contributed by atoms with E-state index >= 15 is 0 Å². The summed E-state index contributed by atoms with van der Waals surface area (Å²) in [4.78, 5) is 21.5. The zero-order valence-corrected chi connectivity index (χ0v) is 16.8. The summed E-state index contributed by atoms with van der Waals surface area (Å²) in [5.74, 6) is 1.93. The van der Waals surface area contributed by atoms with Crippen molar-refractivity contribution in [3.8, 4) is 0 Å². The van der Waals surface area contributed by atoms with E-state index in [1.165, 1.54) is 0 Å². The second-order valence-corrected chi connectivity index (χ2v) is 8.31. The first kappa shape index (κ1) is 18.9. The molecule has 2 aliphatic rings. The molecule has 150 valence electrons. The minimum atomic E-state index is -0.568. The quantitative estimate of drug-likeness (QED) is 0.873. The molecule has 0 bridgehead atoms. The maximum atomic E-state index is 12.7. The van der Waals surface area contributed by atoms with Crippen LogP contribution >= 0.6 is 0 Å². The average Bonchev–Trinajstić information content (AvgIpc) is 3.16. The molecule has 2 aromatic heterocycles. The minimum absolute atomic E-state index is 0.0500. The number of aromatic nitrogens is 2. The van der Waals surface area contributed by atoms with Gasteiger partial charge in [0.2, 0.25) is 5.91 Å². The molecule has 0 radical (unpaired) electrons. The van der Waals surface area contributed by atoms with Gasteiger partial charge in [0.1, 0.15) is 11.6 Å². The van der Waals surface area contributed by atoms with E-state index in [-0.39, 0.29) is 11.3 Å². The zero-order chi connectivity index (χ0) is 19.9. The number of likely N-dealkylation sites (tertiary alicyclic amines) is 1. The molecule has 7 nitrogen and oxygen atoms in total. The number of hydrogen-bond donors (Lipinski definition) is 1. The fourth-order valence-electron chi connectivity index (χ4n) is 4.44. The number of amides is 1. The fraction of sp³-hybridized carbons (Fsp3) is 0.571. The van der Waals surface area contributed by atoms with Crippen LogP contribution in [0.2, 0.25) is 0 Å². The predicted octanol–water partition coefficient (Wildman–Crippen LogP) is 2.76. The van der Waals surface area contributed by atoms with Crippen molar-refractivity contribution in [3.05, 3.63) is 40.9 Å². The number of aryl methyl sites for hydroxylation is 2. The van der Waals surface area contributed by atoms with E-state index < -0.39 is 6.10 Å². The van der Waals surface area contributed by atoms with Gasteiger partial charge >= 0.3 is 0 Å². The lowest BCUT2D eigenvalue weighted by molar-refractivity contribution is -0.128. The highest BCUT2D eigenvalue weighted by Crippen LogP contribution is 2.42. The number of rotatable bonds is 4. The molecule has 2 saturated heterocycles. The maximum absolute atomic E-state index is 12.7. The summed E-state index contributed by atoms with van der Waals surface area (Å²) in [6.45, 7) is 8.70.